The van der Waals surface area contributed by atoms with Crippen LogP contribution in [0.15, 0.2) is 30.3 Å². The monoisotopic (exact) mass is 355 g/mol. The van der Waals surface area contributed by atoms with E-state index in [4.69, 9.17) is 0 Å². The average Bonchev–Trinajstić information content (AvgIpc) is 2.54. The van der Waals surface area contributed by atoms with Gasteiger partial charge in [0, 0.05) is 29.9 Å². The van der Waals surface area contributed by atoms with Gasteiger partial charge in [0.05, 0.1) is 4.92 Å². The molecule has 0 aliphatic rings. The van der Waals surface area contributed by atoms with Gasteiger partial charge in [-0.15, -0.1) is 0 Å². The van der Waals surface area contributed by atoms with Crippen LogP contribution in [0.4, 0.5) is 36.3 Å². The molecule has 1 atom stereocenters. The second kappa shape index (κ2) is 7.32. The van der Waals surface area contributed by atoms with Gasteiger partial charge in [0.1, 0.15) is 5.82 Å². The Morgan fingerprint density at radius 2 is 1.88 bits per heavy atom. The highest BCUT2D eigenvalue weighted by atomic mass is 19.4. The molecule has 0 aliphatic heterocycles. The molecule has 2 aromatic rings. The third-order valence-corrected chi connectivity index (χ3v) is 3.35. The molecule has 0 radical (unpaired) electrons. The van der Waals surface area contributed by atoms with Crippen LogP contribution in [-0.2, 0) is 6.18 Å². The van der Waals surface area contributed by atoms with Gasteiger partial charge in [-0.25, -0.2) is 4.98 Å². The summed E-state index contributed by atoms with van der Waals surface area (Å²) >= 11 is 0. The van der Waals surface area contributed by atoms with Gasteiger partial charge in [0.15, 0.2) is 5.69 Å². The first-order valence-electron chi connectivity index (χ1n) is 7.43. The van der Waals surface area contributed by atoms with Gasteiger partial charge in [-0.3, -0.25) is 10.1 Å². The molecule has 7 nitrogen and oxygen atoms in total. The van der Waals surface area contributed by atoms with E-state index in [0.717, 1.165) is 6.07 Å². The van der Waals surface area contributed by atoms with Gasteiger partial charge >= 0.3 is 6.18 Å². The average molecular weight is 355 g/mol. The Labute approximate surface area is 141 Å². The molecular formula is C15H16F3N5O2. The molecule has 0 saturated carbocycles. The van der Waals surface area contributed by atoms with E-state index in [-0.39, 0.29) is 23.5 Å². The Morgan fingerprint density at radius 1 is 1.24 bits per heavy atom. The van der Waals surface area contributed by atoms with E-state index >= 15 is 0 Å². The molecule has 0 bridgehead atoms. The molecule has 0 saturated heterocycles. The van der Waals surface area contributed by atoms with Gasteiger partial charge in [-0.1, -0.05) is 6.92 Å². The number of rotatable bonds is 6. The van der Waals surface area contributed by atoms with Crippen LogP contribution in [0, 0.1) is 10.1 Å². The Kier molecular flexibility index (Phi) is 5.40. The van der Waals surface area contributed by atoms with Crippen LogP contribution in [0.5, 0.6) is 0 Å². The minimum absolute atomic E-state index is 0.0676. The summed E-state index contributed by atoms with van der Waals surface area (Å²) in [5.74, 6) is -0.212. The Hall–Kier alpha value is -2.91. The molecule has 25 heavy (non-hydrogen) atoms. The van der Waals surface area contributed by atoms with Crippen LogP contribution in [0.1, 0.15) is 26.0 Å². The summed E-state index contributed by atoms with van der Waals surface area (Å²) in [5.41, 5.74) is -0.840. The number of hydrogen-bond donors (Lipinski definition) is 2. The van der Waals surface area contributed by atoms with Gasteiger partial charge in [-0.05, 0) is 25.5 Å². The van der Waals surface area contributed by atoms with Crippen LogP contribution in [0.3, 0.4) is 0 Å². The van der Waals surface area contributed by atoms with Crippen molar-refractivity contribution in [2.24, 2.45) is 0 Å². The van der Waals surface area contributed by atoms with Crippen molar-refractivity contribution in [2.45, 2.75) is 32.5 Å². The first-order chi connectivity index (χ1) is 11.7. The van der Waals surface area contributed by atoms with Crippen molar-refractivity contribution in [3.8, 4) is 0 Å². The first-order valence-corrected chi connectivity index (χ1v) is 7.43. The number of nitrogens with zero attached hydrogens (tertiary/aromatic N) is 3. The van der Waals surface area contributed by atoms with E-state index in [0.29, 0.717) is 12.1 Å². The maximum Gasteiger partial charge on any atom is 0.433 e. The molecular weight excluding hydrogens is 339 g/mol. The van der Waals surface area contributed by atoms with E-state index in [1.807, 2.05) is 6.92 Å². The van der Waals surface area contributed by atoms with Crippen LogP contribution in [0.25, 0.3) is 0 Å². The third-order valence-electron chi connectivity index (χ3n) is 3.35. The van der Waals surface area contributed by atoms with Crippen molar-refractivity contribution in [1.82, 2.24) is 9.97 Å². The molecule has 0 fully saturated rings. The highest BCUT2D eigenvalue weighted by molar-refractivity contribution is 5.59. The topological polar surface area (TPSA) is 93.0 Å². The number of alkyl halides is 3. The number of nitro groups is 1. The number of hydrogen-bond acceptors (Lipinski definition) is 6. The number of aromatic nitrogens is 2. The molecule has 0 aliphatic carbocycles. The molecule has 0 unspecified atom stereocenters. The second-order valence-corrected chi connectivity index (χ2v) is 5.34. The van der Waals surface area contributed by atoms with Crippen molar-refractivity contribution in [3.63, 3.8) is 0 Å². The van der Waals surface area contributed by atoms with Gasteiger partial charge in [0.2, 0.25) is 5.95 Å². The predicted octanol–water partition coefficient (Wildman–Crippen LogP) is 4.36. The van der Waals surface area contributed by atoms with Crippen molar-refractivity contribution in [3.05, 3.63) is 46.1 Å². The lowest BCUT2D eigenvalue weighted by atomic mass is 10.2. The Morgan fingerprint density at radius 3 is 2.40 bits per heavy atom. The maximum atomic E-state index is 13.0. The molecule has 0 spiro atoms. The quantitative estimate of drug-likeness (QED) is 0.591. The van der Waals surface area contributed by atoms with E-state index in [2.05, 4.69) is 20.6 Å². The zero-order chi connectivity index (χ0) is 18.6. The number of nitro benzene ring substituents is 1. The van der Waals surface area contributed by atoms with Crippen LogP contribution < -0.4 is 10.6 Å². The molecule has 0 amide bonds. The Balaban J connectivity index is 2.31. The number of non-ortho nitro benzene ring substituents is 1. The second-order valence-electron chi connectivity index (χ2n) is 5.34. The molecule has 134 valence electrons. The van der Waals surface area contributed by atoms with E-state index in [9.17, 15) is 23.3 Å². The van der Waals surface area contributed by atoms with Gasteiger partial charge < -0.3 is 10.6 Å². The van der Waals surface area contributed by atoms with Crippen molar-refractivity contribution < 1.29 is 18.1 Å². The molecule has 2 N–H and O–H groups in total. The number of nitrogens with one attached hydrogen (secondary N) is 2. The summed E-state index contributed by atoms with van der Waals surface area (Å²) in [6.07, 6.45) is -3.94. The van der Waals surface area contributed by atoms with Gasteiger partial charge in [-0.2, -0.15) is 18.2 Å². The number of benzene rings is 1. The van der Waals surface area contributed by atoms with Crippen molar-refractivity contribution in [1.29, 1.82) is 0 Å². The highest BCUT2D eigenvalue weighted by Gasteiger charge is 2.33. The zero-order valence-electron chi connectivity index (χ0n) is 13.5. The van der Waals surface area contributed by atoms with E-state index in [1.54, 1.807) is 6.92 Å². The summed E-state index contributed by atoms with van der Waals surface area (Å²) < 4.78 is 39.1. The standard InChI is InChI=1S/C15H16F3N5O2/c1-3-9(2)19-14-21-12(15(16,17)18)8-13(22-14)20-10-4-6-11(7-5-10)23(24)25/h4-9H,3H2,1-2H3,(H2,19,20,21,22)/t9-/m1/s1. The summed E-state index contributed by atoms with van der Waals surface area (Å²) in [6, 6.07) is 5.93. The summed E-state index contributed by atoms with van der Waals surface area (Å²) in [6.45, 7) is 3.67. The SMILES string of the molecule is CC[C@@H](C)Nc1nc(Nc2ccc([N+](=O)[O-])cc2)cc(C(F)(F)F)n1. The first kappa shape index (κ1) is 18.4. The normalized spacial score (nSPS) is 12.5. The largest absolute Gasteiger partial charge is 0.433 e. The minimum atomic E-state index is -4.62. The third kappa shape index (κ3) is 5.03. The van der Waals surface area contributed by atoms with Gasteiger partial charge in [0.25, 0.3) is 5.69 Å². The molecule has 1 heterocycles. The van der Waals surface area contributed by atoms with Crippen molar-refractivity contribution >= 4 is 23.1 Å². The highest BCUT2D eigenvalue weighted by Crippen LogP contribution is 2.30. The minimum Gasteiger partial charge on any atom is -0.352 e. The Bertz CT molecular complexity index is 750. The molecule has 10 heteroatoms. The lowest BCUT2D eigenvalue weighted by Crippen LogP contribution is -2.18. The van der Waals surface area contributed by atoms with Crippen LogP contribution in [-0.4, -0.2) is 20.9 Å². The molecule has 2 rings (SSSR count). The smallest absolute Gasteiger partial charge is 0.352 e. The summed E-state index contributed by atoms with van der Waals surface area (Å²) in [5, 5.41) is 16.1. The summed E-state index contributed by atoms with van der Waals surface area (Å²) in [7, 11) is 0. The molecule has 1 aromatic heterocycles. The maximum absolute atomic E-state index is 13.0. The number of anilines is 3. The fraction of sp³-hybridized carbons (Fsp3) is 0.333. The zero-order valence-corrected chi connectivity index (χ0v) is 13.5. The number of halogens is 3. The van der Waals surface area contributed by atoms with Crippen LogP contribution >= 0.6 is 0 Å². The van der Waals surface area contributed by atoms with E-state index < -0.39 is 16.8 Å². The molecule has 1 aromatic carbocycles. The lowest BCUT2D eigenvalue weighted by Gasteiger charge is -2.15. The van der Waals surface area contributed by atoms with Crippen LogP contribution in [0.2, 0.25) is 0 Å². The summed E-state index contributed by atoms with van der Waals surface area (Å²) in [4.78, 5) is 17.6. The predicted molar refractivity (Wildman–Crippen MR) is 86.8 cm³/mol. The fourth-order valence-corrected chi connectivity index (χ4v) is 1.86. The fourth-order valence-electron chi connectivity index (χ4n) is 1.86. The van der Waals surface area contributed by atoms with E-state index in [1.165, 1.54) is 24.3 Å². The lowest BCUT2D eigenvalue weighted by molar-refractivity contribution is -0.384. The van der Waals surface area contributed by atoms with Crippen molar-refractivity contribution in [2.75, 3.05) is 10.6 Å².